The Kier molecular flexibility index (Phi) is 7.56. The molecule has 192 valence electrons. The number of amides is 1. The summed E-state index contributed by atoms with van der Waals surface area (Å²) in [7, 11) is 1.96. The number of carbonyl (C=O) groups excluding carboxylic acids is 1. The first-order chi connectivity index (χ1) is 17.9. The van der Waals surface area contributed by atoms with Crippen LogP contribution < -0.4 is 5.32 Å². The van der Waals surface area contributed by atoms with Crippen LogP contribution in [-0.2, 0) is 6.54 Å². The van der Waals surface area contributed by atoms with Gasteiger partial charge in [-0.2, -0.15) is 0 Å². The summed E-state index contributed by atoms with van der Waals surface area (Å²) in [6.07, 6.45) is 7.09. The minimum atomic E-state index is -0.626. The van der Waals surface area contributed by atoms with Crippen LogP contribution in [0.5, 0.6) is 0 Å². The molecule has 5 rings (SSSR count). The topological polar surface area (TPSA) is 45.2 Å². The van der Waals surface area contributed by atoms with Crippen molar-refractivity contribution < 1.29 is 13.6 Å². The molecular formula is C29H28ClF2N3OS. The van der Waals surface area contributed by atoms with Crippen molar-refractivity contribution >= 4 is 38.9 Å². The molecule has 0 radical (unpaired) electrons. The monoisotopic (exact) mass is 539 g/mol. The number of rotatable bonds is 6. The maximum absolute atomic E-state index is 14.6. The van der Waals surface area contributed by atoms with Crippen LogP contribution in [0, 0.1) is 18.6 Å². The number of nitrogens with zero attached hydrogens (tertiary/aromatic N) is 2. The number of hydrogen-bond acceptors (Lipinski definition) is 4. The van der Waals surface area contributed by atoms with Gasteiger partial charge in [0, 0.05) is 31.0 Å². The van der Waals surface area contributed by atoms with Crippen molar-refractivity contribution in [2.45, 2.75) is 51.2 Å². The van der Waals surface area contributed by atoms with Crippen molar-refractivity contribution in [2.75, 3.05) is 7.05 Å². The number of benzene rings is 2. The SMILES string of the molecule is CN[C@H]1CC[C@H](N(Cc2cc(-c3ccncc3)ccc2C)C(=O)c2sc3c(F)ccc(F)c3c2Cl)CC1. The molecule has 1 aliphatic carbocycles. The average Bonchev–Trinajstić information content (AvgIpc) is 3.29. The molecule has 0 atom stereocenters. The largest absolute Gasteiger partial charge is 0.331 e. The molecule has 1 fully saturated rings. The second-order valence-corrected chi connectivity index (χ2v) is 11.0. The summed E-state index contributed by atoms with van der Waals surface area (Å²) in [5.74, 6) is -1.49. The first kappa shape index (κ1) is 25.8. The van der Waals surface area contributed by atoms with Crippen molar-refractivity contribution in [3.05, 3.63) is 87.5 Å². The molecule has 8 heteroatoms. The van der Waals surface area contributed by atoms with E-state index in [1.165, 1.54) is 0 Å². The van der Waals surface area contributed by atoms with Crippen molar-refractivity contribution in [3.8, 4) is 11.1 Å². The fourth-order valence-electron chi connectivity index (χ4n) is 5.16. The van der Waals surface area contributed by atoms with Gasteiger partial charge in [-0.25, -0.2) is 8.78 Å². The minimum Gasteiger partial charge on any atom is -0.331 e. The fraction of sp³-hybridized carbons (Fsp3) is 0.310. The molecule has 1 amide bonds. The first-order valence-corrected chi connectivity index (χ1v) is 13.6. The molecular weight excluding hydrogens is 512 g/mol. The molecule has 1 saturated carbocycles. The summed E-state index contributed by atoms with van der Waals surface area (Å²) < 4.78 is 29.2. The van der Waals surface area contributed by atoms with Crippen molar-refractivity contribution in [1.82, 2.24) is 15.2 Å². The second kappa shape index (κ2) is 10.9. The lowest BCUT2D eigenvalue weighted by atomic mass is 9.89. The van der Waals surface area contributed by atoms with Gasteiger partial charge in [-0.3, -0.25) is 9.78 Å². The van der Waals surface area contributed by atoms with Crippen LogP contribution >= 0.6 is 22.9 Å². The number of aromatic nitrogens is 1. The van der Waals surface area contributed by atoms with E-state index in [1.54, 1.807) is 12.4 Å². The molecule has 0 aliphatic heterocycles. The average molecular weight is 540 g/mol. The molecule has 0 saturated heterocycles. The summed E-state index contributed by atoms with van der Waals surface area (Å²) in [6.45, 7) is 2.41. The van der Waals surface area contributed by atoms with E-state index in [4.69, 9.17) is 11.6 Å². The third-order valence-electron chi connectivity index (χ3n) is 7.39. The number of aryl methyl sites for hydroxylation is 1. The van der Waals surface area contributed by atoms with E-state index in [0.29, 0.717) is 12.6 Å². The molecule has 1 N–H and O–H groups in total. The van der Waals surface area contributed by atoms with Gasteiger partial charge in [0.1, 0.15) is 16.5 Å². The lowest BCUT2D eigenvalue weighted by Gasteiger charge is -2.37. The standard InChI is InChI=1S/C29H28ClF2N3OS/c1-17-3-4-19(18-11-13-34-14-12-18)15-20(17)16-35(22-7-5-21(33-2)6-8-22)29(36)28-26(30)25-23(31)9-10-24(32)27(25)37-28/h3-4,9-15,21-22,33H,5-8,16H2,1-2H3/t21-,22-. The molecule has 2 heterocycles. The van der Waals surface area contributed by atoms with Crippen molar-refractivity contribution in [3.63, 3.8) is 0 Å². The summed E-state index contributed by atoms with van der Waals surface area (Å²) >= 11 is 7.47. The zero-order valence-electron chi connectivity index (χ0n) is 20.7. The van der Waals surface area contributed by atoms with Crippen LogP contribution in [0.2, 0.25) is 5.02 Å². The summed E-state index contributed by atoms with van der Waals surface area (Å²) in [5, 5.41) is 3.30. The van der Waals surface area contributed by atoms with Gasteiger partial charge >= 0.3 is 0 Å². The zero-order valence-corrected chi connectivity index (χ0v) is 22.3. The zero-order chi connectivity index (χ0) is 26.1. The van der Waals surface area contributed by atoms with Gasteiger partial charge in [-0.15, -0.1) is 11.3 Å². The number of halogens is 3. The highest BCUT2D eigenvalue weighted by molar-refractivity contribution is 7.21. The van der Waals surface area contributed by atoms with Gasteiger partial charge in [0.2, 0.25) is 0 Å². The van der Waals surface area contributed by atoms with E-state index in [1.807, 2.05) is 31.0 Å². The summed E-state index contributed by atoms with van der Waals surface area (Å²) in [5.41, 5.74) is 4.17. The predicted octanol–water partition coefficient (Wildman–Crippen LogP) is 7.38. The Bertz CT molecular complexity index is 1430. The molecule has 4 aromatic rings. The van der Waals surface area contributed by atoms with E-state index in [2.05, 4.69) is 28.5 Å². The molecule has 0 unspecified atom stereocenters. The Labute approximate surface area is 224 Å². The lowest BCUT2D eigenvalue weighted by molar-refractivity contribution is 0.0606. The summed E-state index contributed by atoms with van der Waals surface area (Å²) in [6, 6.07) is 12.7. The van der Waals surface area contributed by atoms with E-state index in [-0.39, 0.29) is 31.9 Å². The van der Waals surface area contributed by atoms with Crippen molar-refractivity contribution in [1.29, 1.82) is 0 Å². The maximum Gasteiger partial charge on any atom is 0.266 e. The van der Waals surface area contributed by atoms with Gasteiger partial charge < -0.3 is 10.2 Å². The van der Waals surface area contributed by atoms with Gasteiger partial charge in [-0.1, -0.05) is 23.7 Å². The second-order valence-electron chi connectivity index (χ2n) is 9.58. The molecule has 37 heavy (non-hydrogen) atoms. The van der Waals surface area contributed by atoms with Gasteiger partial charge in [0.15, 0.2) is 0 Å². The smallest absolute Gasteiger partial charge is 0.266 e. The Morgan fingerprint density at radius 3 is 2.43 bits per heavy atom. The molecule has 0 bridgehead atoms. The normalized spacial score (nSPS) is 17.8. The highest BCUT2D eigenvalue weighted by Gasteiger charge is 2.32. The Hall–Kier alpha value is -2.87. The highest BCUT2D eigenvalue weighted by Crippen LogP contribution is 2.40. The van der Waals surface area contributed by atoms with Crippen molar-refractivity contribution in [2.24, 2.45) is 0 Å². The van der Waals surface area contributed by atoms with Crippen LogP contribution in [0.3, 0.4) is 0 Å². The molecule has 2 aromatic carbocycles. The van der Waals surface area contributed by atoms with Crippen LogP contribution in [-0.4, -0.2) is 34.9 Å². The Balaban J connectivity index is 1.54. The molecule has 2 aromatic heterocycles. The van der Waals surface area contributed by atoms with Gasteiger partial charge in [0.05, 0.1) is 15.1 Å². The van der Waals surface area contributed by atoms with Crippen LogP contribution in [0.1, 0.15) is 46.5 Å². The van der Waals surface area contributed by atoms with Crippen LogP contribution in [0.4, 0.5) is 8.78 Å². The number of nitrogens with one attached hydrogen (secondary N) is 1. The number of thiophene rings is 1. The summed E-state index contributed by atoms with van der Waals surface area (Å²) in [4.78, 5) is 20.2. The fourth-order valence-corrected chi connectivity index (χ4v) is 6.66. The highest BCUT2D eigenvalue weighted by atomic mass is 35.5. The Morgan fingerprint density at radius 1 is 1.05 bits per heavy atom. The minimum absolute atomic E-state index is 0.00273. The number of carbonyl (C=O) groups is 1. The quantitative estimate of drug-likeness (QED) is 0.278. The number of fused-ring (bicyclic) bond motifs is 1. The van der Waals surface area contributed by atoms with E-state index >= 15 is 0 Å². The molecule has 4 nitrogen and oxygen atoms in total. The number of pyridine rings is 1. The molecule has 0 spiro atoms. The van der Waals surface area contributed by atoms with Gasteiger partial charge in [-0.05, 0) is 92.2 Å². The van der Waals surface area contributed by atoms with Crippen LogP contribution in [0.25, 0.3) is 21.2 Å². The Morgan fingerprint density at radius 2 is 1.76 bits per heavy atom. The lowest BCUT2D eigenvalue weighted by Crippen LogP contribution is -2.44. The predicted molar refractivity (Wildman–Crippen MR) is 146 cm³/mol. The van der Waals surface area contributed by atoms with E-state index < -0.39 is 11.6 Å². The first-order valence-electron chi connectivity index (χ1n) is 12.4. The van der Waals surface area contributed by atoms with Gasteiger partial charge in [0.25, 0.3) is 5.91 Å². The maximum atomic E-state index is 14.6. The van der Waals surface area contributed by atoms with E-state index in [0.717, 1.165) is 71.4 Å². The third-order valence-corrected chi connectivity index (χ3v) is 9.06. The number of hydrogen-bond donors (Lipinski definition) is 1. The van der Waals surface area contributed by atoms with E-state index in [9.17, 15) is 13.6 Å². The molecule has 1 aliphatic rings. The van der Waals surface area contributed by atoms with Crippen LogP contribution in [0.15, 0.2) is 54.9 Å². The third kappa shape index (κ3) is 5.13.